The van der Waals surface area contributed by atoms with E-state index < -0.39 is 38.1 Å². The van der Waals surface area contributed by atoms with E-state index in [2.05, 4.69) is 22.2 Å². The lowest BCUT2D eigenvalue weighted by atomic mass is 10.0. The van der Waals surface area contributed by atoms with E-state index in [0.29, 0.717) is 17.7 Å². The van der Waals surface area contributed by atoms with Gasteiger partial charge in [0.1, 0.15) is 13.8 Å². The van der Waals surface area contributed by atoms with Crippen LogP contribution in [-0.2, 0) is 23.7 Å². The molecule has 0 aliphatic rings. The number of rotatable bonds is 4. The van der Waals surface area contributed by atoms with Crippen molar-refractivity contribution in [2.24, 2.45) is 0 Å². The smallest absolute Gasteiger partial charge is 0.291 e. The fraction of sp³-hybridized carbons (Fsp3) is 0.261. The Bertz CT molecular complexity index is 1230. The van der Waals surface area contributed by atoms with E-state index in [9.17, 15) is 31.1 Å². The molecular formula is C23H19F6N3OSi. The van der Waals surface area contributed by atoms with Gasteiger partial charge in [-0.05, 0) is 35.6 Å². The molecule has 0 N–H and O–H groups in total. The monoisotopic (exact) mass is 495 g/mol. The van der Waals surface area contributed by atoms with Crippen LogP contribution in [-0.4, -0.2) is 28.5 Å². The van der Waals surface area contributed by atoms with Crippen molar-refractivity contribution >= 4 is 13.5 Å². The molecule has 34 heavy (non-hydrogen) atoms. The van der Waals surface area contributed by atoms with Gasteiger partial charge in [-0.2, -0.15) is 26.3 Å². The van der Waals surface area contributed by atoms with Crippen molar-refractivity contribution < 1.29 is 31.1 Å². The number of nitrogens with zero attached hydrogens (tertiary/aromatic N) is 3. The first-order valence-electron chi connectivity index (χ1n) is 10.00. The summed E-state index contributed by atoms with van der Waals surface area (Å²) in [7, 11) is -2.19. The van der Waals surface area contributed by atoms with Gasteiger partial charge in [0.05, 0.1) is 17.7 Å². The fourth-order valence-electron chi connectivity index (χ4n) is 2.98. The molecule has 0 saturated carbocycles. The number of hydrogen-bond acceptors (Lipinski definition) is 3. The van der Waals surface area contributed by atoms with E-state index in [4.69, 9.17) is 0 Å². The lowest BCUT2D eigenvalue weighted by molar-refractivity contribution is -0.143. The minimum absolute atomic E-state index is 0.0713. The molecule has 0 atom stereocenters. The minimum Gasteiger partial charge on any atom is -0.291 e. The Hall–Kier alpha value is -3.39. The van der Waals surface area contributed by atoms with Crippen molar-refractivity contribution in [2.75, 3.05) is 0 Å². The van der Waals surface area contributed by atoms with Gasteiger partial charge in [0.2, 0.25) is 0 Å². The van der Waals surface area contributed by atoms with Gasteiger partial charge in [0.25, 0.3) is 0 Å². The van der Waals surface area contributed by atoms with Crippen LogP contribution in [0.2, 0.25) is 19.6 Å². The second kappa shape index (κ2) is 9.10. The molecule has 0 amide bonds. The molecule has 178 valence electrons. The molecule has 1 aromatic heterocycles. The summed E-state index contributed by atoms with van der Waals surface area (Å²) in [6.45, 7) is 5.05. The number of carbonyl (C=O) groups is 1. The van der Waals surface area contributed by atoms with Gasteiger partial charge in [-0.1, -0.05) is 55.2 Å². The fourth-order valence-corrected chi connectivity index (χ4v) is 3.41. The first kappa shape index (κ1) is 25.2. The highest BCUT2D eigenvalue weighted by Gasteiger charge is 2.37. The van der Waals surface area contributed by atoms with Gasteiger partial charge in [-0.15, -0.1) is 5.10 Å². The number of hydrogen-bond donors (Lipinski definition) is 0. The van der Waals surface area contributed by atoms with E-state index in [0.717, 1.165) is 0 Å². The van der Waals surface area contributed by atoms with Gasteiger partial charge in [-0.25, -0.2) is 4.68 Å². The number of benzene rings is 2. The van der Waals surface area contributed by atoms with Gasteiger partial charge in [0.15, 0.2) is 11.1 Å². The van der Waals surface area contributed by atoms with Crippen molar-refractivity contribution in [1.29, 1.82) is 0 Å². The first-order valence-corrected chi connectivity index (χ1v) is 13.5. The van der Waals surface area contributed by atoms with Crippen molar-refractivity contribution in [3.8, 4) is 23.1 Å². The maximum absolute atomic E-state index is 13.2. The van der Waals surface area contributed by atoms with Crippen LogP contribution >= 0.6 is 0 Å². The third kappa shape index (κ3) is 5.94. The summed E-state index contributed by atoms with van der Waals surface area (Å²) in [4.78, 5) is 12.3. The Labute approximate surface area is 192 Å². The average molecular weight is 495 g/mol. The molecule has 11 heteroatoms. The zero-order valence-electron chi connectivity index (χ0n) is 18.3. The molecule has 0 fully saturated rings. The Morgan fingerprint density at radius 2 is 1.50 bits per heavy atom. The highest BCUT2D eigenvalue weighted by Crippen LogP contribution is 2.36. The number of halogens is 6. The Morgan fingerprint density at radius 1 is 0.941 bits per heavy atom. The molecule has 0 unspecified atom stereocenters. The van der Waals surface area contributed by atoms with E-state index in [-0.39, 0.29) is 28.4 Å². The van der Waals surface area contributed by atoms with Crippen molar-refractivity contribution in [3.05, 3.63) is 70.9 Å². The normalized spacial score (nSPS) is 12.3. The second-order valence-electron chi connectivity index (χ2n) is 8.55. The summed E-state index contributed by atoms with van der Waals surface area (Å²) >= 11 is 0. The lowest BCUT2D eigenvalue weighted by Gasteiger charge is -2.15. The second-order valence-corrected chi connectivity index (χ2v) is 13.5. The summed E-state index contributed by atoms with van der Waals surface area (Å²) in [6.07, 6.45) is -9.93. The predicted molar refractivity (Wildman–Crippen MR) is 116 cm³/mol. The Kier molecular flexibility index (Phi) is 6.75. The molecule has 4 nitrogen and oxygen atoms in total. The Morgan fingerprint density at radius 3 is 2.00 bits per heavy atom. The standard InChI is InChI=1S/C23H19F6N3OSi/c1-34(2,3)20(33)10-9-19-21(16-7-5-4-6-8-16)32(31-30-19)14-15-11-17(22(24,25)26)13-18(12-15)23(27,28)29/h4-8,11-13H,14H2,1-3H3. The zero-order chi connectivity index (χ0) is 25.3. The summed E-state index contributed by atoms with van der Waals surface area (Å²) < 4.78 is 80.7. The molecule has 0 aliphatic carbocycles. The molecule has 0 aliphatic heterocycles. The van der Waals surface area contributed by atoms with Crippen LogP contribution in [0.15, 0.2) is 48.5 Å². The predicted octanol–water partition coefficient (Wildman–Crippen LogP) is 5.83. The van der Waals surface area contributed by atoms with Gasteiger partial charge in [0, 0.05) is 5.56 Å². The maximum atomic E-state index is 13.2. The molecule has 3 rings (SSSR count). The third-order valence-corrected chi connectivity index (χ3v) is 6.23. The van der Waals surface area contributed by atoms with Gasteiger partial charge in [-0.3, -0.25) is 4.79 Å². The van der Waals surface area contributed by atoms with Crippen LogP contribution in [0.3, 0.4) is 0 Å². The average Bonchev–Trinajstić information content (AvgIpc) is 3.12. The summed E-state index contributed by atoms with van der Waals surface area (Å²) in [5, 5.41) is 7.63. The molecular weight excluding hydrogens is 476 g/mol. The van der Waals surface area contributed by atoms with Crippen molar-refractivity contribution in [3.63, 3.8) is 0 Å². The highest BCUT2D eigenvalue weighted by atomic mass is 28.3. The molecule has 0 radical (unpaired) electrons. The molecule has 0 bridgehead atoms. The molecule has 0 saturated heterocycles. The summed E-state index contributed by atoms with van der Waals surface area (Å²) in [5.41, 5.74) is -2.18. The van der Waals surface area contributed by atoms with Gasteiger partial charge < -0.3 is 0 Å². The number of carbonyl (C=O) groups excluding carboxylic acids is 1. The van der Waals surface area contributed by atoms with Crippen LogP contribution in [0, 0.1) is 11.8 Å². The summed E-state index contributed by atoms with van der Waals surface area (Å²) in [6, 6.07) is 9.84. The minimum atomic E-state index is -4.96. The molecule has 3 aromatic rings. The van der Waals surface area contributed by atoms with E-state index in [1.54, 1.807) is 30.3 Å². The highest BCUT2D eigenvalue weighted by molar-refractivity contribution is 7.05. The van der Waals surface area contributed by atoms with Crippen molar-refractivity contribution in [1.82, 2.24) is 15.0 Å². The third-order valence-electron chi connectivity index (χ3n) is 4.74. The van der Waals surface area contributed by atoms with Crippen molar-refractivity contribution in [2.45, 2.75) is 38.5 Å². The molecule has 1 heterocycles. The first-order chi connectivity index (χ1) is 15.7. The van der Waals surface area contributed by atoms with Crippen LogP contribution < -0.4 is 0 Å². The van der Waals surface area contributed by atoms with Crippen LogP contribution in [0.4, 0.5) is 26.3 Å². The number of alkyl halides is 6. The summed E-state index contributed by atoms with van der Waals surface area (Å²) in [5.74, 6) is 5.22. The largest absolute Gasteiger partial charge is 0.416 e. The van der Waals surface area contributed by atoms with Crippen LogP contribution in [0.1, 0.15) is 22.4 Å². The van der Waals surface area contributed by atoms with Crippen LogP contribution in [0.25, 0.3) is 11.3 Å². The molecule has 0 spiro atoms. The lowest BCUT2D eigenvalue weighted by Crippen LogP contribution is -2.31. The van der Waals surface area contributed by atoms with Gasteiger partial charge >= 0.3 is 12.4 Å². The van der Waals surface area contributed by atoms with E-state index in [1.807, 2.05) is 19.6 Å². The quantitative estimate of drug-likeness (QED) is 0.260. The number of aromatic nitrogens is 3. The van der Waals surface area contributed by atoms with E-state index >= 15 is 0 Å². The molecule has 2 aromatic carbocycles. The SMILES string of the molecule is C[Si](C)(C)C(=O)C#Cc1nnn(Cc2cc(C(F)(F)F)cc(C(F)(F)F)c2)c1-c1ccccc1. The topological polar surface area (TPSA) is 47.8 Å². The van der Waals surface area contributed by atoms with E-state index in [1.165, 1.54) is 4.68 Å². The maximum Gasteiger partial charge on any atom is 0.416 e. The Balaban J connectivity index is 2.12. The van der Waals surface area contributed by atoms with Crippen LogP contribution in [0.5, 0.6) is 0 Å². The zero-order valence-corrected chi connectivity index (χ0v) is 19.3.